The molecular formula is C28H40NO+. The Kier molecular flexibility index (Phi) is 11.7. The maximum Gasteiger partial charge on any atom is 0.134 e. The Morgan fingerprint density at radius 1 is 0.867 bits per heavy atom. The van der Waals surface area contributed by atoms with Crippen LogP contribution in [-0.4, -0.2) is 12.8 Å². The van der Waals surface area contributed by atoms with Crippen LogP contribution in [0.4, 0.5) is 5.69 Å². The van der Waals surface area contributed by atoms with E-state index in [4.69, 9.17) is 0 Å². The van der Waals surface area contributed by atoms with E-state index in [0.29, 0.717) is 6.42 Å². The fraction of sp³-hybridized carbons (Fsp3) is 0.393. The fourth-order valence-corrected chi connectivity index (χ4v) is 3.88. The summed E-state index contributed by atoms with van der Waals surface area (Å²) in [5.74, 6) is 0. The Balaban J connectivity index is 0.00000106. The van der Waals surface area contributed by atoms with Crippen molar-refractivity contribution in [2.45, 2.75) is 66.2 Å². The second kappa shape index (κ2) is 13.7. The molecule has 0 aromatic heterocycles. The summed E-state index contributed by atoms with van der Waals surface area (Å²) in [5.41, 5.74) is 4.08. The van der Waals surface area contributed by atoms with Crippen LogP contribution in [0.25, 0.3) is 10.8 Å². The van der Waals surface area contributed by atoms with Crippen molar-refractivity contribution in [1.29, 1.82) is 0 Å². The molecule has 0 aliphatic heterocycles. The lowest BCUT2D eigenvalue weighted by Gasteiger charge is -2.31. The maximum absolute atomic E-state index is 10.8. The molecule has 0 aliphatic rings. The first-order valence-electron chi connectivity index (χ1n) is 11.5. The van der Waals surface area contributed by atoms with Gasteiger partial charge in [-0.25, -0.2) is 0 Å². The standard InChI is InChI=1S/C24H27NO.2C2H6/c1-3-24(2,18-19-10-5-4-6-11-19)23-21-13-8-7-12-20(21)14-15-22(23)25-16-9-17-26;2*1-2/h4-8,10-15,17,25H,3,9,16,18H2,1-2H3;2*1-2H3/p+1. The highest BCUT2D eigenvalue weighted by atomic mass is 16.1. The lowest BCUT2D eigenvalue weighted by molar-refractivity contribution is -0.570. The number of nitrogens with two attached hydrogens (primary N) is 1. The molecule has 1 unspecified atom stereocenters. The summed E-state index contributed by atoms with van der Waals surface area (Å²) in [5, 5.41) is 4.84. The second-order valence-corrected chi connectivity index (χ2v) is 7.28. The van der Waals surface area contributed by atoms with Crippen molar-refractivity contribution in [1.82, 2.24) is 0 Å². The number of rotatable bonds is 8. The van der Waals surface area contributed by atoms with E-state index < -0.39 is 0 Å². The van der Waals surface area contributed by atoms with Gasteiger partial charge in [-0.3, -0.25) is 0 Å². The van der Waals surface area contributed by atoms with Gasteiger partial charge in [-0.2, -0.15) is 0 Å². The zero-order valence-corrected chi connectivity index (χ0v) is 19.7. The first-order chi connectivity index (χ1) is 14.7. The summed E-state index contributed by atoms with van der Waals surface area (Å²) in [4.78, 5) is 10.8. The third-order valence-electron chi connectivity index (χ3n) is 5.43. The van der Waals surface area contributed by atoms with Gasteiger partial charge in [0.05, 0.1) is 13.0 Å². The van der Waals surface area contributed by atoms with Gasteiger partial charge in [0.15, 0.2) is 0 Å². The molecule has 0 bridgehead atoms. The smallest absolute Gasteiger partial charge is 0.134 e. The van der Waals surface area contributed by atoms with Crippen LogP contribution in [-0.2, 0) is 16.6 Å². The van der Waals surface area contributed by atoms with Crippen molar-refractivity contribution in [3.63, 3.8) is 0 Å². The van der Waals surface area contributed by atoms with Gasteiger partial charge in [-0.05, 0) is 41.3 Å². The Morgan fingerprint density at radius 2 is 1.50 bits per heavy atom. The quantitative estimate of drug-likeness (QED) is 0.256. The molecule has 2 nitrogen and oxygen atoms in total. The van der Waals surface area contributed by atoms with Crippen LogP contribution >= 0.6 is 0 Å². The number of quaternary nitrogens is 1. The van der Waals surface area contributed by atoms with Gasteiger partial charge in [0.2, 0.25) is 0 Å². The van der Waals surface area contributed by atoms with Crippen LogP contribution in [0.5, 0.6) is 0 Å². The molecular weight excluding hydrogens is 366 g/mol. The van der Waals surface area contributed by atoms with E-state index in [1.165, 1.54) is 27.6 Å². The van der Waals surface area contributed by atoms with Gasteiger partial charge in [0.1, 0.15) is 12.0 Å². The predicted octanol–water partition coefficient (Wildman–Crippen LogP) is 6.59. The highest BCUT2D eigenvalue weighted by Crippen LogP contribution is 2.39. The molecule has 0 fully saturated rings. The molecule has 0 radical (unpaired) electrons. The summed E-state index contributed by atoms with van der Waals surface area (Å²) in [6, 6.07) is 23.8. The monoisotopic (exact) mass is 406 g/mol. The van der Waals surface area contributed by atoms with Crippen LogP contribution in [0.2, 0.25) is 0 Å². The summed E-state index contributed by atoms with van der Waals surface area (Å²) >= 11 is 0. The third-order valence-corrected chi connectivity index (χ3v) is 5.43. The largest absolute Gasteiger partial charge is 0.313 e. The van der Waals surface area contributed by atoms with Crippen molar-refractivity contribution >= 4 is 22.7 Å². The Labute approximate surface area is 183 Å². The van der Waals surface area contributed by atoms with Crippen molar-refractivity contribution in [2.75, 3.05) is 6.54 Å². The lowest BCUT2D eigenvalue weighted by atomic mass is 9.72. The molecule has 2 N–H and O–H groups in total. The summed E-state index contributed by atoms with van der Waals surface area (Å²) in [6.45, 7) is 13.4. The van der Waals surface area contributed by atoms with Crippen LogP contribution in [0, 0.1) is 0 Å². The normalized spacial score (nSPS) is 12.1. The number of fused-ring (bicyclic) bond motifs is 1. The van der Waals surface area contributed by atoms with Gasteiger partial charge in [-0.1, -0.05) is 96.1 Å². The van der Waals surface area contributed by atoms with E-state index >= 15 is 0 Å². The van der Waals surface area contributed by atoms with E-state index in [1.54, 1.807) is 0 Å². The van der Waals surface area contributed by atoms with Crippen molar-refractivity contribution in [3.8, 4) is 0 Å². The first kappa shape index (κ1) is 25.6. The minimum Gasteiger partial charge on any atom is -0.313 e. The second-order valence-electron chi connectivity index (χ2n) is 7.28. The van der Waals surface area contributed by atoms with Crippen molar-refractivity contribution < 1.29 is 10.1 Å². The molecule has 0 spiro atoms. The van der Waals surface area contributed by atoms with E-state index in [0.717, 1.165) is 25.7 Å². The van der Waals surface area contributed by atoms with Crippen LogP contribution in [0.1, 0.15) is 65.5 Å². The number of hydrogen-bond acceptors (Lipinski definition) is 1. The Hall–Kier alpha value is -2.45. The minimum atomic E-state index is 0.0369. The molecule has 30 heavy (non-hydrogen) atoms. The number of carbonyl (C=O) groups is 1. The summed E-state index contributed by atoms with van der Waals surface area (Å²) in [6.07, 6.45) is 3.64. The SMILES string of the molecule is CC.CC.CCC(C)(Cc1ccccc1)c1c([NH2+]CCC=O)ccc2ccccc12. The maximum atomic E-state index is 10.8. The minimum absolute atomic E-state index is 0.0369. The summed E-state index contributed by atoms with van der Waals surface area (Å²) in [7, 11) is 0. The molecule has 162 valence electrons. The lowest BCUT2D eigenvalue weighted by Crippen LogP contribution is -2.78. The number of aldehydes is 1. The van der Waals surface area contributed by atoms with E-state index in [1.807, 2.05) is 27.7 Å². The molecule has 3 aromatic rings. The van der Waals surface area contributed by atoms with Gasteiger partial charge in [0, 0.05) is 11.0 Å². The van der Waals surface area contributed by atoms with Crippen LogP contribution in [0.15, 0.2) is 66.7 Å². The molecule has 0 heterocycles. The highest BCUT2D eigenvalue weighted by Gasteiger charge is 2.31. The molecule has 0 aliphatic carbocycles. The molecule has 0 saturated heterocycles. The molecule has 3 rings (SSSR count). The van der Waals surface area contributed by atoms with Gasteiger partial charge in [-0.15, -0.1) is 0 Å². The number of benzene rings is 3. The topological polar surface area (TPSA) is 33.7 Å². The van der Waals surface area contributed by atoms with Gasteiger partial charge >= 0.3 is 0 Å². The van der Waals surface area contributed by atoms with Crippen LogP contribution < -0.4 is 5.32 Å². The van der Waals surface area contributed by atoms with E-state index in [-0.39, 0.29) is 5.41 Å². The van der Waals surface area contributed by atoms with E-state index in [2.05, 4.69) is 85.9 Å². The average molecular weight is 407 g/mol. The van der Waals surface area contributed by atoms with Gasteiger partial charge in [0.25, 0.3) is 0 Å². The first-order valence-corrected chi connectivity index (χ1v) is 11.5. The molecule has 1 atom stereocenters. The molecule has 3 aromatic carbocycles. The molecule has 0 amide bonds. The molecule has 0 saturated carbocycles. The fourth-order valence-electron chi connectivity index (χ4n) is 3.88. The number of hydrogen-bond donors (Lipinski definition) is 1. The third kappa shape index (κ3) is 6.53. The van der Waals surface area contributed by atoms with Gasteiger partial charge < -0.3 is 10.1 Å². The Morgan fingerprint density at radius 3 is 2.13 bits per heavy atom. The Bertz CT molecular complexity index is 872. The zero-order chi connectivity index (χ0) is 22.4. The van der Waals surface area contributed by atoms with Crippen molar-refractivity contribution in [2.24, 2.45) is 0 Å². The van der Waals surface area contributed by atoms with Crippen LogP contribution in [0.3, 0.4) is 0 Å². The van der Waals surface area contributed by atoms with Crippen molar-refractivity contribution in [3.05, 3.63) is 77.9 Å². The highest BCUT2D eigenvalue weighted by molar-refractivity contribution is 5.89. The zero-order valence-electron chi connectivity index (χ0n) is 19.7. The predicted molar refractivity (Wildman–Crippen MR) is 132 cm³/mol. The van der Waals surface area contributed by atoms with E-state index in [9.17, 15) is 4.79 Å². The average Bonchev–Trinajstić information content (AvgIpc) is 2.82. The summed E-state index contributed by atoms with van der Waals surface area (Å²) < 4.78 is 0. The number of carbonyl (C=O) groups excluding carboxylic acids is 1. The molecule has 2 heteroatoms.